The molecule has 1 fully saturated rings. The summed E-state index contributed by atoms with van der Waals surface area (Å²) < 4.78 is 5.46. The molecular formula is C13H28N2O2. The molecule has 0 amide bonds. The van der Waals surface area contributed by atoms with E-state index in [0.717, 1.165) is 32.7 Å². The first kappa shape index (κ1) is 14.9. The number of ether oxygens (including phenoxy) is 1. The summed E-state index contributed by atoms with van der Waals surface area (Å²) in [5.41, 5.74) is -0.174. The summed E-state index contributed by atoms with van der Waals surface area (Å²) in [4.78, 5) is 2.48. The maximum atomic E-state index is 9.52. The summed E-state index contributed by atoms with van der Waals surface area (Å²) in [6.45, 7) is 12.3. The summed E-state index contributed by atoms with van der Waals surface area (Å²) in [5.74, 6) is 0. The van der Waals surface area contributed by atoms with E-state index in [1.807, 2.05) is 0 Å². The lowest BCUT2D eigenvalue weighted by molar-refractivity contribution is -0.0268. The van der Waals surface area contributed by atoms with Crippen LogP contribution in [0.3, 0.4) is 0 Å². The molecule has 0 radical (unpaired) electrons. The Bertz CT molecular complexity index is 225. The number of likely N-dealkylation sites (N-methyl/N-ethyl adjacent to an activating group) is 1. The lowest BCUT2D eigenvalue weighted by atomic mass is 9.93. The molecule has 0 aromatic heterocycles. The predicted octanol–water partition coefficient (Wildman–Crippen LogP) is 0.846. The molecule has 0 aromatic carbocycles. The third kappa shape index (κ3) is 4.21. The van der Waals surface area contributed by atoms with Crippen LogP contribution in [0.2, 0.25) is 0 Å². The zero-order chi connectivity index (χ0) is 12.9. The number of morpholine rings is 1. The highest BCUT2D eigenvalue weighted by molar-refractivity contribution is 4.88. The van der Waals surface area contributed by atoms with E-state index in [0.29, 0.717) is 12.1 Å². The summed E-state index contributed by atoms with van der Waals surface area (Å²) in [5, 5.41) is 12.9. The van der Waals surface area contributed by atoms with Gasteiger partial charge in [-0.25, -0.2) is 0 Å². The van der Waals surface area contributed by atoms with Crippen molar-refractivity contribution in [1.29, 1.82) is 0 Å². The van der Waals surface area contributed by atoms with Crippen LogP contribution in [-0.4, -0.2) is 60.5 Å². The third-order valence-electron chi connectivity index (χ3n) is 3.68. The molecule has 4 heteroatoms. The molecule has 1 heterocycles. The van der Waals surface area contributed by atoms with Crippen LogP contribution in [0.5, 0.6) is 0 Å². The number of aliphatic hydroxyl groups excluding tert-OH is 1. The molecule has 1 aliphatic rings. The summed E-state index contributed by atoms with van der Waals surface area (Å²) in [6, 6.07) is 0.938. The van der Waals surface area contributed by atoms with Crippen molar-refractivity contribution in [3.05, 3.63) is 0 Å². The first-order chi connectivity index (χ1) is 8.02. The standard InChI is InChI=1S/C13H28N2O2/c1-5-14-13(4,10-16)8-11(2)15-6-7-17-9-12(15)3/h11-12,14,16H,5-10H2,1-4H3. The first-order valence-electron chi connectivity index (χ1n) is 6.72. The predicted molar refractivity (Wildman–Crippen MR) is 70.2 cm³/mol. The van der Waals surface area contributed by atoms with Crippen molar-refractivity contribution in [2.75, 3.05) is 32.9 Å². The van der Waals surface area contributed by atoms with Crippen molar-refractivity contribution in [3.63, 3.8) is 0 Å². The van der Waals surface area contributed by atoms with Gasteiger partial charge in [-0.1, -0.05) is 6.92 Å². The van der Waals surface area contributed by atoms with Crippen molar-refractivity contribution in [2.45, 2.75) is 51.7 Å². The van der Waals surface area contributed by atoms with E-state index in [-0.39, 0.29) is 12.1 Å². The molecule has 0 saturated carbocycles. The van der Waals surface area contributed by atoms with Crippen LogP contribution < -0.4 is 5.32 Å². The number of hydrogen-bond donors (Lipinski definition) is 2. The molecule has 3 unspecified atom stereocenters. The number of aliphatic hydroxyl groups is 1. The lowest BCUT2D eigenvalue weighted by Crippen LogP contribution is -2.54. The van der Waals surface area contributed by atoms with E-state index in [1.165, 1.54) is 0 Å². The highest BCUT2D eigenvalue weighted by Gasteiger charge is 2.30. The average molecular weight is 244 g/mol. The molecule has 1 saturated heterocycles. The SMILES string of the molecule is CCNC(C)(CO)CC(C)N1CCOCC1C. The smallest absolute Gasteiger partial charge is 0.0619 e. The number of rotatable bonds is 6. The second kappa shape index (κ2) is 6.69. The molecule has 4 nitrogen and oxygen atoms in total. The monoisotopic (exact) mass is 244 g/mol. The molecular weight excluding hydrogens is 216 g/mol. The number of hydrogen-bond acceptors (Lipinski definition) is 4. The van der Waals surface area contributed by atoms with Crippen LogP contribution in [-0.2, 0) is 4.74 Å². The molecule has 0 spiro atoms. The molecule has 2 N–H and O–H groups in total. The Kier molecular flexibility index (Phi) is 5.86. The average Bonchev–Trinajstić information content (AvgIpc) is 2.29. The van der Waals surface area contributed by atoms with Gasteiger partial charge in [0.1, 0.15) is 0 Å². The van der Waals surface area contributed by atoms with Gasteiger partial charge < -0.3 is 15.2 Å². The molecule has 0 aromatic rings. The Hall–Kier alpha value is -0.160. The lowest BCUT2D eigenvalue weighted by Gasteiger charge is -2.41. The molecule has 0 bridgehead atoms. The Labute approximate surface area is 105 Å². The van der Waals surface area contributed by atoms with E-state index in [1.54, 1.807) is 0 Å². The largest absolute Gasteiger partial charge is 0.394 e. The highest BCUT2D eigenvalue weighted by Crippen LogP contribution is 2.19. The highest BCUT2D eigenvalue weighted by atomic mass is 16.5. The minimum absolute atomic E-state index is 0.174. The van der Waals surface area contributed by atoms with Crippen molar-refractivity contribution >= 4 is 0 Å². The topological polar surface area (TPSA) is 44.7 Å². The second-order valence-corrected chi connectivity index (χ2v) is 5.46. The maximum Gasteiger partial charge on any atom is 0.0619 e. The normalized spacial score (nSPS) is 27.7. The Balaban J connectivity index is 2.53. The molecule has 1 rings (SSSR count). The Morgan fingerprint density at radius 2 is 2.29 bits per heavy atom. The molecule has 1 aliphatic heterocycles. The third-order valence-corrected chi connectivity index (χ3v) is 3.68. The molecule has 102 valence electrons. The fraction of sp³-hybridized carbons (Fsp3) is 1.00. The maximum absolute atomic E-state index is 9.52. The van der Waals surface area contributed by atoms with E-state index in [4.69, 9.17) is 4.74 Å². The Morgan fingerprint density at radius 1 is 1.59 bits per heavy atom. The fourth-order valence-electron chi connectivity index (χ4n) is 2.78. The van der Waals surface area contributed by atoms with Gasteiger partial charge in [0.05, 0.1) is 19.8 Å². The molecule has 0 aliphatic carbocycles. The summed E-state index contributed by atoms with van der Waals surface area (Å²) >= 11 is 0. The minimum atomic E-state index is -0.174. The van der Waals surface area contributed by atoms with Crippen LogP contribution in [0.25, 0.3) is 0 Å². The number of nitrogens with zero attached hydrogens (tertiary/aromatic N) is 1. The van der Waals surface area contributed by atoms with Crippen LogP contribution >= 0.6 is 0 Å². The van der Waals surface area contributed by atoms with Gasteiger partial charge in [0.25, 0.3) is 0 Å². The van der Waals surface area contributed by atoms with Gasteiger partial charge in [-0.2, -0.15) is 0 Å². The summed E-state index contributed by atoms with van der Waals surface area (Å²) in [6.07, 6.45) is 0.960. The van der Waals surface area contributed by atoms with Gasteiger partial charge in [0.15, 0.2) is 0 Å². The molecule has 17 heavy (non-hydrogen) atoms. The van der Waals surface area contributed by atoms with E-state index in [2.05, 4.69) is 37.9 Å². The molecule has 3 atom stereocenters. The quantitative estimate of drug-likeness (QED) is 0.727. The van der Waals surface area contributed by atoms with Gasteiger partial charge in [0.2, 0.25) is 0 Å². The second-order valence-electron chi connectivity index (χ2n) is 5.46. The fourth-order valence-corrected chi connectivity index (χ4v) is 2.78. The van der Waals surface area contributed by atoms with Crippen molar-refractivity contribution in [2.24, 2.45) is 0 Å². The first-order valence-corrected chi connectivity index (χ1v) is 6.72. The number of nitrogens with one attached hydrogen (secondary N) is 1. The van der Waals surface area contributed by atoms with Gasteiger partial charge in [-0.15, -0.1) is 0 Å². The minimum Gasteiger partial charge on any atom is -0.394 e. The van der Waals surface area contributed by atoms with Gasteiger partial charge in [-0.05, 0) is 33.7 Å². The van der Waals surface area contributed by atoms with Gasteiger partial charge in [0, 0.05) is 24.2 Å². The zero-order valence-corrected chi connectivity index (χ0v) is 11.7. The van der Waals surface area contributed by atoms with Gasteiger partial charge in [-0.3, -0.25) is 4.90 Å². The van der Waals surface area contributed by atoms with E-state index < -0.39 is 0 Å². The van der Waals surface area contributed by atoms with E-state index >= 15 is 0 Å². The van der Waals surface area contributed by atoms with Crippen LogP contribution in [0.4, 0.5) is 0 Å². The van der Waals surface area contributed by atoms with Crippen molar-refractivity contribution < 1.29 is 9.84 Å². The van der Waals surface area contributed by atoms with Gasteiger partial charge >= 0.3 is 0 Å². The zero-order valence-electron chi connectivity index (χ0n) is 11.7. The van der Waals surface area contributed by atoms with Crippen molar-refractivity contribution in [1.82, 2.24) is 10.2 Å². The summed E-state index contributed by atoms with van der Waals surface area (Å²) in [7, 11) is 0. The van der Waals surface area contributed by atoms with Crippen LogP contribution in [0.1, 0.15) is 34.1 Å². The van der Waals surface area contributed by atoms with Crippen LogP contribution in [0.15, 0.2) is 0 Å². The Morgan fingerprint density at radius 3 is 2.82 bits per heavy atom. The van der Waals surface area contributed by atoms with Crippen LogP contribution in [0, 0.1) is 0 Å². The van der Waals surface area contributed by atoms with Crippen molar-refractivity contribution in [3.8, 4) is 0 Å². The van der Waals surface area contributed by atoms with E-state index in [9.17, 15) is 5.11 Å².